The van der Waals surface area contributed by atoms with Gasteiger partial charge in [-0.05, 0) is 42.3 Å². The fourth-order valence-electron chi connectivity index (χ4n) is 4.42. The molecule has 2 aliphatic heterocycles. The van der Waals surface area contributed by atoms with Gasteiger partial charge in [-0.1, -0.05) is 59.0 Å². The number of nitrogens with zero attached hydrogens (tertiary/aromatic N) is 4. The van der Waals surface area contributed by atoms with Gasteiger partial charge in [0, 0.05) is 23.7 Å². The number of thioether (sulfide) groups is 1. The molecule has 0 saturated carbocycles. The Balaban J connectivity index is 1.36. The van der Waals surface area contributed by atoms with E-state index in [-0.39, 0.29) is 16.5 Å². The van der Waals surface area contributed by atoms with E-state index < -0.39 is 17.7 Å². The van der Waals surface area contributed by atoms with Gasteiger partial charge in [0.25, 0.3) is 5.78 Å². The van der Waals surface area contributed by atoms with Crippen LogP contribution >= 0.6 is 23.1 Å². The number of aliphatic hydroxyl groups is 1. The molecule has 0 aliphatic carbocycles. The molecule has 1 amide bonds. The van der Waals surface area contributed by atoms with Crippen LogP contribution in [0.5, 0.6) is 11.5 Å². The Hall–Kier alpha value is -4.22. The van der Waals surface area contributed by atoms with Crippen LogP contribution in [0.3, 0.4) is 0 Å². The second-order valence-corrected chi connectivity index (χ2v) is 11.1. The minimum atomic E-state index is -0.935. The number of rotatable bonds is 6. The third-order valence-electron chi connectivity index (χ3n) is 6.34. The molecule has 1 fully saturated rings. The molecule has 6 rings (SSSR count). The number of aliphatic hydroxyl groups excluding tert-OH is 1. The zero-order valence-electron chi connectivity index (χ0n) is 20.7. The molecule has 2 aliphatic rings. The van der Waals surface area contributed by atoms with Gasteiger partial charge < -0.3 is 14.6 Å². The zero-order valence-corrected chi connectivity index (χ0v) is 22.4. The maximum atomic E-state index is 13.4. The molecule has 0 spiro atoms. The summed E-state index contributed by atoms with van der Waals surface area (Å²) in [5, 5.41) is 20.1. The molecule has 0 bridgehead atoms. The Morgan fingerprint density at radius 2 is 1.87 bits per heavy atom. The van der Waals surface area contributed by atoms with Crippen molar-refractivity contribution in [1.29, 1.82) is 0 Å². The number of amides is 1. The van der Waals surface area contributed by atoms with Crippen LogP contribution < -0.4 is 14.4 Å². The van der Waals surface area contributed by atoms with Gasteiger partial charge in [0.15, 0.2) is 15.8 Å². The lowest BCUT2D eigenvalue weighted by molar-refractivity contribution is -0.132. The summed E-state index contributed by atoms with van der Waals surface area (Å²) in [6, 6.07) is 15.6. The summed E-state index contributed by atoms with van der Waals surface area (Å²) in [4.78, 5) is 32.2. The van der Waals surface area contributed by atoms with Gasteiger partial charge in [0.05, 0.1) is 11.6 Å². The van der Waals surface area contributed by atoms with Crippen molar-refractivity contribution in [1.82, 2.24) is 15.2 Å². The van der Waals surface area contributed by atoms with Gasteiger partial charge in [0.1, 0.15) is 19.0 Å². The number of ketones is 1. The average Bonchev–Trinajstić information content (AvgIpc) is 3.54. The number of anilines is 1. The highest BCUT2D eigenvalue weighted by molar-refractivity contribution is 8.00. The van der Waals surface area contributed by atoms with Crippen molar-refractivity contribution in [2.75, 3.05) is 18.1 Å². The van der Waals surface area contributed by atoms with Crippen molar-refractivity contribution < 1.29 is 24.2 Å². The predicted octanol–water partition coefficient (Wildman–Crippen LogP) is 4.93. The molecule has 1 N–H and O–H groups in total. The topological polar surface area (TPSA) is 115 Å². The first kappa shape index (κ1) is 25.1. The average molecular weight is 559 g/mol. The van der Waals surface area contributed by atoms with E-state index >= 15 is 0 Å². The van der Waals surface area contributed by atoms with Crippen LogP contribution in [-0.2, 0) is 15.3 Å². The van der Waals surface area contributed by atoms with Crippen molar-refractivity contribution >= 4 is 45.7 Å². The Labute approximate surface area is 232 Å². The summed E-state index contributed by atoms with van der Waals surface area (Å²) in [5.74, 6) is -0.248. The molecule has 196 valence electrons. The number of hydrogen-bond donors (Lipinski definition) is 1. The quantitative estimate of drug-likeness (QED) is 0.116. The molecule has 11 heteroatoms. The van der Waals surface area contributed by atoms with E-state index in [0.29, 0.717) is 45.9 Å². The van der Waals surface area contributed by atoms with Gasteiger partial charge in [-0.3, -0.25) is 19.5 Å². The van der Waals surface area contributed by atoms with Crippen LogP contribution in [0.15, 0.2) is 76.9 Å². The summed E-state index contributed by atoms with van der Waals surface area (Å²) in [7, 11) is 0. The lowest BCUT2D eigenvalue weighted by Crippen LogP contribution is -2.29. The molecule has 1 unspecified atom stereocenters. The lowest BCUT2D eigenvalue weighted by Gasteiger charge is -2.22. The van der Waals surface area contributed by atoms with Crippen molar-refractivity contribution in [3.05, 3.63) is 94.8 Å². The van der Waals surface area contributed by atoms with Gasteiger partial charge in [-0.2, -0.15) is 0 Å². The molecule has 4 aromatic rings. The molecule has 2 aromatic carbocycles. The molecular formula is C28H22N4O5S2. The number of carbonyl (C=O) groups is 2. The second-order valence-electron chi connectivity index (χ2n) is 8.94. The largest absolute Gasteiger partial charge is 0.507 e. The summed E-state index contributed by atoms with van der Waals surface area (Å²) in [6.07, 6.45) is 3.16. The number of pyridine rings is 1. The minimum absolute atomic E-state index is 0.0614. The molecule has 2 aromatic heterocycles. The van der Waals surface area contributed by atoms with Crippen LogP contribution in [0, 0.1) is 6.92 Å². The second kappa shape index (κ2) is 10.5. The highest BCUT2D eigenvalue weighted by Gasteiger charge is 2.48. The Bertz CT molecular complexity index is 1590. The predicted molar refractivity (Wildman–Crippen MR) is 147 cm³/mol. The van der Waals surface area contributed by atoms with Gasteiger partial charge in [-0.25, -0.2) is 0 Å². The summed E-state index contributed by atoms with van der Waals surface area (Å²) < 4.78 is 11.9. The molecule has 39 heavy (non-hydrogen) atoms. The molecule has 0 radical (unpaired) electrons. The first-order valence-electron chi connectivity index (χ1n) is 12.1. The maximum Gasteiger partial charge on any atom is 0.301 e. The summed E-state index contributed by atoms with van der Waals surface area (Å²) in [5.41, 5.74) is 3.15. The van der Waals surface area contributed by atoms with Crippen molar-refractivity contribution in [2.45, 2.75) is 23.1 Å². The monoisotopic (exact) mass is 558 g/mol. The normalized spacial score (nSPS) is 18.0. The van der Waals surface area contributed by atoms with Crippen LogP contribution in [0.25, 0.3) is 5.76 Å². The van der Waals surface area contributed by atoms with Crippen LogP contribution in [0.2, 0.25) is 0 Å². The number of carbonyl (C=O) groups excluding carboxylic acids is 2. The minimum Gasteiger partial charge on any atom is -0.507 e. The highest BCUT2D eigenvalue weighted by Crippen LogP contribution is 2.44. The third kappa shape index (κ3) is 4.86. The fourth-order valence-corrected chi connectivity index (χ4v) is 6.24. The van der Waals surface area contributed by atoms with E-state index in [2.05, 4.69) is 39.4 Å². The van der Waals surface area contributed by atoms with E-state index in [1.165, 1.54) is 33.6 Å². The van der Waals surface area contributed by atoms with Crippen molar-refractivity contribution in [3.8, 4) is 11.5 Å². The first-order chi connectivity index (χ1) is 19.0. The zero-order chi connectivity index (χ0) is 26.9. The number of Topliss-reactive ketones (excluding diaryl/α,β-unsaturated/α-hetero) is 1. The fraction of sp³-hybridized carbons (Fsp3) is 0.179. The Kier molecular flexibility index (Phi) is 6.76. The van der Waals surface area contributed by atoms with Crippen LogP contribution in [0.1, 0.15) is 28.3 Å². The number of aryl methyl sites for hydroxylation is 1. The maximum absolute atomic E-state index is 13.4. The van der Waals surface area contributed by atoms with Gasteiger partial charge >= 0.3 is 5.91 Å². The lowest BCUT2D eigenvalue weighted by atomic mass is 9.96. The number of aromatic nitrogens is 3. The van der Waals surface area contributed by atoms with Gasteiger partial charge in [-0.15, -0.1) is 10.2 Å². The smallest absolute Gasteiger partial charge is 0.301 e. The van der Waals surface area contributed by atoms with Gasteiger partial charge in [0.2, 0.25) is 5.13 Å². The SMILES string of the molecule is Cc1ccc(CSc2nnc(N3C(=O)C(=O)/C(=C(/O)c4ccc5c(c4)OCCO5)C3c3cccnc3)s2)cc1. The Morgan fingerprint density at radius 3 is 2.64 bits per heavy atom. The standard InChI is InChI=1S/C28H22N4O5S2/c1-16-4-6-17(7-5-16)15-38-28-31-30-27(39-28)32-23(19-3-2-10-29-14-19)22(25(34)26(32)35)24(33)18-8-9-20-21(13-18)37-12-11-36-20/h2-10,13-14,23,33H,11-12,15H2,1H3/b24-22+. The van der Waals surface area contributed by atoms with Crippen LogP contribution in [0.4, 0.5) is 5.13 Å². The Morgan fingerprint density at radius 1 is 1.08 bits per heavy atom. The molecular weight excluding hydrogens is 536 g/mol. The highest BCUT2D eigenvalue weighted by atomic mass is 32.2. The number of benzene rings is 2. The number of ether oxygens (including phenoxy) is 2. The van der Waals surface area contributed by atoms with E-state index in [4.69, 9.17) is 9.47 Å². The summed E-state index contributed by atoms with van der Waals surface area (Å²) >= 11 is 2.71. The molecule has 1 saturated heterocycles. The first-order valence-corrected chi connectivity index (χ1v) is 13.9. The van der Waals surface area contributed by atoms with E-state index in [1.807, 2.05) is 6.92 Å². The van der Waals surface area contributed by atoms with Crippen molar-refractivity contribution in [3.63, 3.8) is 0 Å². The number of fused-ring (bicyclic) bond motifs is 1. The van der Waals surface area contributed by atoms with Crippen molar-refractivity contribution in [2.24, 2.45) is 0 Å². The van der Waals surface area contributed by atoms with Crippen LogP contribution in [-0.4, -0.2) is 45.2 Å². The van der Waals surface area contributed by atoms with E-state index in [0.717, 1.165) is 5.56 Å². The van der Waals surface area contributed by atoms with E-state index in [1.54, 1.807) is 42.7 Å². The molecule has 9 nitrogen and oxygen atoms in total. The molecule has 4 heterocycles. The molecule has 1 atom stereocenters. The summed E-state index contributed by atoms with van der Waals surface area (Å²) in [6.45, 7) is 2.84. The third-order valence-corrected chi connectivity index (χ3v) is 8.47. The number of hydrogen-bond acceptors (Lipinski definition) is 10. The van der Waals surface area contributed by atoms with E-state index in [9.17, 15) is 14.7 Å².